The van der Waals surface area contributed by atoms with E-state index in [9.17, 15) is 45.9 Å². The summed E-state index contributed by atoms with van der Waals surface area (Å²) in [6, 6.07) is 0. The van der Waals surface area contributed by atoms with Crippen molar-refractivity contribution in [2.45, 2.75) is 163 Å². The first kappa shape index (κ1) is 56.1. The number of nitrogens with one attached hydrogen (secondary N) is 2. The van der Waals surface area contributed by atoms with Crippen LogP contribution in [0, 0.1) is 42.2 Å². The van der Waals surface area contributed by atoms with E-state index in [2.05, 4.69) is 37.8 Å². The molecule has 0 bridgehead atoms. The van der Waals surface area contributed by atoms with Crippen molar-refractivity contribution in [2.75, 3.05) is 39.5 Å². The minimum atomic E-state index is -0.884. The molecule has 2 fully saturated rings. The van der Waals surface area contributed by atoms with E-state index in [1.807, 2.05) is 83.1 Å². The van der Waals surface area contributed by atoms with Gasteiger partial charge in [-0.2, -0.15) is 18.9 Å². The van der Waals surface area contributed by atoms with Crippen LogP contribution in [-0.2, 0) is 14.5 Å². The number of ether oxygens (including phenoxy) is 2. The summed E-state index contributed by atoms with van der Waals surface area (Å²) in [6.07, 6.45) is -1.61. The molecule has 0 saturated carbocycles. The summed E-state index contributed by atoms with van der Waals surface area (Å²) in [5.41, 5.74) is -3.52. The van der Waals surface area contributed by atoms with E-state index in [4.69, 9.17) is 14.3 Å². The molecule has 2 saturated heterocycles. The zero-order chi connectivity index (χ0) is 49.5. The van der Waals surface area contributed by atoms with Crippen molar-refractivity contribution in [1.82, 2.24) is 38.3 Å². The summed E-state index contributed by atoms with van der Waals surface area (Å²) in [6.45, 7) is 26.4. The van der Waals surface area contributed by atoms with Gasteiger partial charge in [0.05, 0.1) is 34.5 Å². The molecular weight excluding hydrogens is 939 g/mol. The molecule has 4 unspecified atom stereocenters. The second-order valence-electron chi connectivity index (χ2n) is 19.8. The molecule has 29 heteroatoms. The monoisotopic (exact) mass is 1000 g/mol. The Labute approximate surface area is 394 Å². The van der Waals surface area contributed by atoms with Crippen LogP contribution in [-0.4, -0.2) is 154 Å². The van der Waals surface area contributed by atoms with Gasteiger partial charge in [-0.3, -0.25) is 0 Å². The first-order valence-corrected chi connectivity index (χ1v) is 23.7. The van der Waals surface area contributed by atoms with Gasteiger partial charge in [0.1, 0.15) is 32.5 Å². The van der Waals surface area contributed by atoms with E-state index in [1.54, 1.807) is 13.8 Å². The number of nitrogens with zero attached hydrogens (tertiary/aromatic N) is 9. The van der Waals surface area contributed by atoms with Gasteiger partial charge in [-0.25, -0.2) is 0 Å². The molecule has 2 aliphatic rings. The summed E-state index contributed by atoms with van der Waals surface area (Å²) in [7, 11) is 0. The van der Waals surface area contributed by atoms with Crippen molar-refractivity contribution in [3.8, 4) is 11.8 Å². The lowest BCUT2D eigenvalue weighted by atomic mass is 9.87. The van der Waals surface area contributed by atoms with Gasteiger partial charge in [0.15, 0.2) is 16.2 Å². The maximum Gasteiger partial charge on any atom is 0.294 e. The van der Waals surface area contributed by atoms with Crippen molar-refractivity contribution in [2.24, 2.45) is 11.8 Å². The summed E-state index contributed by atoms with van der Waals surface area (Å²) in [5.74, 6) is -0.358. The molecule has 6 atom stereocenters. The molecule has 2 aliphatic heterocycles. The fraction of sp³-hybridized carbons (Fsp3) is 0.889. The first-order chi connectivity index (χ1) is 29.7. The van der Waals surface area contributed by atoms with Gasteiger partial charge in [-0.15, -0.1) is 39.1 Å². The Kier molecular flexibility index (Phi) is 19.2. The second-order valence-corrected chi connectivity index (χ2v) is 23.1. The molecule has 0 aliphatic carbocycles. The predicted octanol–water partition coefficient (Wildman–Crippen LogP) is 4.64. The highest BCUT2D eigenvalue weighted by atomic mass is 32.2. The first-order valence-electron chi connectivity index (χ1n) is 20.5. The molecule has 4 heterocycles. The van der Waals surface area contributed by atoms with Crippen molar-refractivity contribution >= 4 is 47.0 Å². The number of hydrogen-bond acceptors (Lipinski definition) is 26. The number of aliphatic hydroxyl groups is 1. The molecule has 4 rings (SSSR count). The minimum Gasteiger partial charge on any atom is -0.473 e. The fourth-order valence-electron chi connectivity index (χ4n) is 7.49. The number of hydroxylamine groups is 4. The number of aromatic nitrogens is 4. The average Bonchev–Trinajstić information content (AvgIpc) is 3.88. The van der Waals surface area contributed by atoms with Gasteiger partial charge in [-0.1, -0.05) is 23.5 Å². The highest BCUT2D eigenvalue weighted by Gasteiger charge is 2.60. The van der Waals surface area contributed by atoms with Gasteiger partial charge in [0.2, 0.25) is 0 Å². The van der Waals surface area contributed by atoms with Gasteiger partial charge in [-0.05, 0) is 96.9 Å². The van der Waals surface area contributed by atoms with Crippen LogP contribution in [0.3, 0.4) is 0 Å². The Morgan fingerprint density at radius 2 is 1.05 bits per heavy atom. The third-order valence-electron chi connectivity index (χ3n) is 11.0. The smallest absolute Gasteiger partial charge is 0.294 e. The van der Waals surface area contributed by atoms with Crippen LogP contribution in [0.25, 0.3) is 0 Å². The number of thioether (sulfide) groups is 2. The van der Waals surface area contributed by atoms with Gasteiger partial charge in [0, 0.05) is 57.6 Å². The molecule has 0 amide bonds. The van der Waals surface area contributed by atoms with Crippen LogP contribution in [0.2, 0.25) is 0 Å². The lowest BCUT2D eigenvalue weighted by Gasteiger charge is -2.35. The fourth-order valence-corrected chi connectivity index (χ4v) is 11.8. The molecule has 2 aromatic heterocycles. The lowest BCUT2D eigenvalue weighted by Crippen LogP contribution is -2.48. The molecule has 0 radical (unpaired) electrons. The molecule has 0 spiro atoms. The molecule has 65 heavy (non-hydrogen) atoms. The minimum absolute atomic E-state index is 0.0432. The van der Waals surface area contributed by atoms with Crippen LogP contribution in [0.15, 0.2) is 10.1 Å². The molecule has 2 aromatic rings. The quantitative estimate of drug-likeness (QED) is 0.0792. The van der Waals surface area contributed by atoms with E-state index in [0.29, 0.717) is 22.5 Å². The molecular formula is C36H65N11O14S4. The third-order valence-corrected chi connectivity index (χ3v) is 15.5. The molecule has 5 N–H and O–H groups in total. The topological polar surface area (TPSA) is 318 Å². The highest BCUT2D eigenvalue weighted by Crippen LogP contribution is 2.53. The Morgan fingerprint density at radius 3 is 1.42 bits per heavy atom. The van der Waals surface area contributed by atoms with Crippen LogP contribution >= 0.6 is 47.0 Å². The second kappa shape index (κ2) is 22.2. The number of hydrogen-bond donors (Lipinski definition) is 5. The number of aliphatic hydroxyl groups excluding tert-OH is 1. The average molecular weight is 1000 g/mol. The van der Waals surface area contributed by atoms with Gasteiger partial charge in [0.25, 0.3) is 27.0 Å². The Morgan fingerprint density at radius 1 is 0.662 bits per heavy atom. The standard InChI is InChI=1S/C18H32N6O8S2.C18H33N5O6S2/c1-16(2,3)19-8-11(32-24(28)29)9-30-14-15(21-34-20-14)33-13-12(10-31-23(26)27)17(4,5)22(25)18(13,6)7;1-16(2,3)19-8-11(24)9-28-14-15(21-31-20-14)30-13-12(10-29-23(26)27)17(4,5)22(25)18(13,6)7/h11-13,19,25H,8-10H2,1-7H3;11-13,19,24-25H,8-10H2,1-7H3/t2*11-,12?,13?/m00/s1. The number of rotatable bonds is 22. The van der Waals surface area contributed by atoms with E-state index in [1.165, 1.54) is 33.7 Å². The third kappa shape index (κ3) is 15.4. The summed E-state index contributed by atoms with van der Waals surface area (Å²) in [4.78, 5) is 46.6. The van der Waals surface area contributed by atoms with Crippen molar-refractivity contribution < 1.29 is 54.8 Å². The van der Waals surface area contributed by atoms with E-state index in [0.717, 1.165) is 23.5 Å². The van der Waals surface area contributed by atoms with Crippen LogP contribution in [0.1, 0.15) is 96.9 Å². The maximum atomic E-state index is 10.9. The normalized spacial score (nSPS) is 23.5. The van der Waals surface area contributed by atoms with E-state index < -0.39 is 55.5 Å². The molecule has 25 nitrogen and oxygen atoms in total. The zero-order valence-electron chi connectivity index (χ0n) is 39.2. The van der Waals surface area contributed by atoms with Gasteiger partial charge >= 0.3 is 0 Å². The van der Waals surface area contributed by atoms with Crippen molar-refractivity contribution in [3.05, 3.63) is 30.3 Å². The molecule has 0 aromatic carbocycles. The van der Waals surface area contributed by atoms with E-state index in [-0.39, 0.29) is 66.3 Å². The summed E-state index contributed by atoms with van der Waals surface area (Å²) < 4.78 is 28.3. The van der Waals surface area contributed by atoms with Crippen LogP contribution in [0.5, 0.6) is 11.8 Å². The summed E-state index contributed by atoms with van der Waals surface area (Å²) >= 11 is 4.48. The largest absolute Gasteiger partial charge is 0.473 e. The summed E-state index contributed by atoms with van der Waals surface area (Å²) in [5, 5.41) is 70.7. The van der Waals surface area contributed by atoms with Crippen molar-refractivity contribution in [1.29, 1.82) is 0 Å². The highest BCUT2D eigenvalue weighted by molar-refractivity contribution is 8.00. The number of β-amino-alcohol motifs (C(OH)–C–C–N with tert-alkyl or cyclic N) is 1. The lowest BCUT2D eigenvalue weighted by molar-refractivity contribution is -0.768. The zero-order valence-corrected chi connectivity index (χ0v) is 42.5. The Balaban J connectivity index is 0.000000347. The Bertz CT molecular complexity index is 1880. The van der Waals surface area contributed by atoms with E-state index >= 15 is 0 Å². The predicted molar refractivity (Wildman–Crippen MR) is 240 cm³/mol. The van der Waals surface area contributed by atoms with Crippen LogP contribution < -0.4 is 20.1 Å². The Hall–Kier alpha value is -3.26. The SMILES string of the molecule is CC(C)(C)NC[C@@H](COc1nsnc1SC1C(CO[N+](=O)[O-])C(C)(C)N(O)C1(C)C)O[N+](=O)[O-].CC(C)(C)NC[C@H](O)COc1nsnc1SC1C(CO[N+](=O)[O-])C(C)(C)N(O)C1(C)C. The van der Waals surface area contributed by atoms with Crippen molar-refractivity contribution in [3.63, 3.8) is 0 Å². The van der Waals surface area contributed by atoms with Gasteiger partial charge < -0.3 is 50.1 Å². The maximum absolute atomic E-state index is 10.9. The molecule has 372 valence electrons. The van der Waals surface area contributed by atoms with Crippen LogP contribution in [0.4, 0.5) is 0 Å².